The highest BCUT2D eigenvalue weighted by Gasteiger charge is 2.21. The average Bonchev–Trinajstić information content (AvgIpc) is 2.45. The second kappa shape index (κ2) is 6.58. The number of ether oxygens (including phenoxy) is 2. The first-order valence-electron chi connectivity index (χ1n) is 6.58. The van der Waals surface area contributed by atoms with Crippen LogP contribution in [0, 0.1) is 0 Å². The molecule has 1 heterocycles. The quantitative estimate of drug-likeness (QED) is 0.726. The maximum absolute atomic E-state index is 10.7. The van der Waals surface area contributed by atoms with E-state index in [1.807, 2.05) is 0 Å². The Morgan fingerprint density at radius 1 is 1.30 bits per heavy atom. The number of benzene rings is 1. The van der Waals surface area contributed by atoms with E-state index < -0.39 is 12.2 Å². The molecule has 3 N–H and O–H groups in total. The minimum atomic E-state index is -1.03. The van der Waals surface area contributed by atoms with Gasteiger partial charge in [0.1, 0.15) is 19.3 Å². The molecule has 20 heavy (non-hydrogen) atoms. The van der Waals surface area contributed by atoms with Gasteiger partial charge in [-0.3, -0.25) is 4.79 Å². The monoisotopic (exact) mass is 281 g/mol. The van der Waals surface area contributed by atoms with Crippen molar-refractivity contribution in [3.63, 3.8) is 0 Å². The Labute approximate surface area is 117 Å². The third-order valence-corrected chi connectivity index (χ3v) is 3.09. The Balaban J connectivity index is 1.97. The number of rotatable bonds is 5. The predicted molar refractivity (Wildman–Crippen MR) is 71.7 cm³/mol. The van der Waals surface area contributed by atoms with Crippen LogP contribution in [-0.4, -0.2) is 42.0 Å². The van der Waals surface area contributed by atoms with Crippen molar-refractivity contribution in [1.82, 2.24) is 5.32 Å². The lowest BCUT2D eigenvalue weighted by Crippen LogP contribution is -2.27. The molecular weight excluding hydrogens is 262 g/mol. The first-order chi connectivity index (χ1) is 9.58. The van der Waals surface area contributed by atoms with E-state index in [2.05, 4.69) is 5.32 Å². The molecule has 2 rings (SSSR count). The van der Waals surface area contributed by atoms with Crippen molar-refractivity contribution in [3.8, 4) is 11.5 Å². The smallest absolute Gasteiger partial charge is 0.216 e. The van der Waals surface area contributed by atoms with E-state index in [4.69, 9.17) is 9.47 Å². The fourth-order valence-corrected chi connectivity index (χ4v) is 2.02. The van der Waals surface area contributed by atoms with E-state index in [0.29, 0.717) is 36.8 Å². The first-order valence-corrected chi connectivity index (χ1v) is 6.58. The van der Waals surface area contributed by atoms with Crippen molar-refractivity contribution < 1.29 is 24.5 Å². The summed E-state index contributed by atoms with van der Waals surface area (Å²) in [6, 6.07) is 5.08. The molecule has 1 aromatic carbocycles. The lowest BCUT2D eigenvalue weighted by molar-refractivity contribution is -0.119. The molecule has 0 fully saturated rings. The molecule has 0 bridgehead atoms. The zero-order chi connectivity index (χ0) is 14.5. The number of hydrogen-bond donors (Lipinski definition) is 3. The van der Waals surface area contributed by atoms with Gasteiger partial charge in [0.15, 0.2) is 11.5 Å². The number of carbonyl (C=O) groups is 1. The second-order valence-electron chi connectivity index (χ2n) is 4.69. The third-order valence-electron chi connectivity index (χ3n) is 3.09. The molecule has 0 radical (unpaired) electrons. The van der Waals surface area contributed by atoms with Gasteiger partial charge in [-0.05, 0) is 24.1 Å². The van der Waals surface area contributed by atoms with Gasteiger partial charge in [0.05, 0.1) is 6.10 Å². The van der Waals surface area contributed by atoms with Crippen LogP contribution >= 0.6 is 0 Å². The predicted octanol–water partition coefficient (Wildman–Crippen LogP) is 0.378. The van der Waals surface area contributed by atoms with Gasteiger partial charge in [-0.15, -0.1) is 0 Å². The third kappa shape index (κ3) is 3.61. The van der Waals surface area contributed by atoms with Gasteiger partial charge in [0, 0.05) is 13.5 Å². The van der Waals surface area contributed by atoms with Gasteiger partial charge in [0.2, 0.25) is 5.91 Å². The molecule has 110 valence electrons. The fraction of sp³-hybridized carbons (Fsp3) is 0.500. The van der Waals surface area contributed by atoms with E-state index in [1.54, 1.807) is 18.2 Å². The number of aliphatic hydroxyl groups is 2. The SMILES string of the molecule is CC(=O)NCCC(O)C(O)c1ccc2c(c1)OCCO2. The fourth-order valence-electron chi connectivity index (χ4n) is 2.02. The van der Waals surface area contributed by atoms with Crippen molar-refractivity contribution in [1.29, 1.82) is 0 Å². The number of hydrogen-bond acceptors (Lipinski definition) is 5. The zero-order valence-electron chi connectivity index (χ0n) is 11.3. The van der Waals surface area contributed by atoms with Gasteiger partial charge in [-0.25, -0.2) is 0 Å². The van der Waals surface area contributed by atoms with Crippen LogP contribution in [-0.2, 0) is 4.79 Å². The maximum atomic E-state index is 10.7. The molecule has 2 atom stereocenters. The minimum Gasteiger partial charge on any atom is -0.486 e. The number of fused-ring (bicyclic) bond motifs is 1. The number of carbonyl (C=O) groups excluding carboxylic acids is 1. The molecule has 1 aromatic rings. The van der Waals surface area contributed by atoms with Crippen LogP contribution in [0.1, 0.15) is 25.0 Å². The summed E-state index contributed by atoms with van der Waals surface area (Å²) >= 11 is 0. The van der Waals surface area contributed by atoms with Gasteiger partial charge in [0.25, 0.3) is 0 Å². The van der Waals surface area contributed by atoms with Gasteiger partial charge in [-0.2, -0.15) is 0 Å². The molecule has 0 saturated heterocycles. The van der Waals surface area contributed by atoms with E-state index >= 15 is 0 Å². The second-order valence-corrected chi connectivity index (χ2v) is 4.69. The Morgan fingerprint density at radius 2 is 2.00 bits per heavy atom. The highest BCUT2D eigenvalue weighted by molar-refractivity contribution is 5.72. The van der Waals surface area contributed by atoms with Crippen molar-refractivity contribution in [2.45, 2.75) is 25.6 Å². The molecule has 1 aliphatic rings. The van der Waals surface area contributed by atoms with Gasteiger partial charge >= 0.3 is 0 Å². The molecule has 2 unspecified atom stereocenters. The molecule has 0 aliphatic carbocycles. The minimum absolute atomic E-state index is 0.161. The molecule has 0 saturated carbocycles. The Kier molecular flexibility index (Phi) is 4.81. The highest BCUT2D eigenvalue weighted by atomic mass is 16.6. The van der Waals surface area contributed by atoms with Crippen LogP contribution in [0.5, 0.6) is 11.5 Å². The summed E-state index contributed by atoms with van der Waals surface area (Å²) in [5, 5.41) is 22.6. The summed E-state index contributed by atoms with van der Waals surface area (Å²) in [7, 11) is 0. The standard InChI is InChI=1S/C14H19NO5/c1-9(16)15-5-4-11(17)14(18)10-2-3-12-13(8-10)20-7-6-19-12/h2-3,8,11,14,17-18H,4-7H2,1H3,(H,15,16). The van der Waals surface area contributed by atoms with E-state index in [-0.39, 0.29) is 12.3 Å². The Morgan fingerprint density at radius 3 is 2.70 bits per heavy atom. The van der Waals surface area contributed by atoms with Crippen LogP contribution in [0.4, 0.5) is 0 Å². The average molecular weight is 281 g/mol. The van der Waals surface area contributed by atoms with Crippen LogP contribution in [0.3, 0.4) is 0 Å². The van der Waals surface area contributed by atoms with Crippen molar-refractivity contribution in [2.24, 2.45) is 0 Å². The molecule has 0 aromatic heterocycles. The summed E-state index contributed by atoms with van der Waals surface area (Å²) in [5.74, 6) is 1.05. The van der Waals surface area contributed by atoms with Crippen LogP contribution in [0.2, 0.25) is 0 Å². The molecular formula is C14H19NO5. The Bertz CT molecular complexity index is 477. The van der Waals surface area contributed by atoms with Crippen molar-refractivity contribution in [2.75, 3.05) is 19.8 Å². The van der Waals surface area contributed by atoms with E-state index in [1.165, 1.54) is 6.92 Å². The summed E-state index contributed by atoms with van der Waals surface area (Å²) in [5.41, 5.74) is 0.560. The van der Waals surface area contributed by atoms with Gasteiger partial charge < -0.3 is 25.0 Å². The van der Waals surface area contributed by atoms with Crippen LogP contribution in [0.25, 0.3) is 0 Å². The summed E-state index contributed by atoms with van der Waals surface area (Å²) in [4.78, 5) is 10.7. The number of nitrogens with one attached hydrogen (secondary N) is 1. The topological polar surface area (TPSA) is 88.0 Å². The maximum Gasteiger partial charge on any atom is 0.216 e. The molecule has 6 heteroatoms. The summed E-state index contributed by atoms with van der Waals surface area (Å²) in [6.45, 7) is 2.70. The van der Waals surface area contributed by atoms with Crippen molar-refractivity contribution in [3.05, 3.63) is 23.8 Å². The molecule has 1 amide bonds. The largest absolute Gasteiger partial charge is 0.486 e. The highest BCUT2D eigenvalue weighted by Crippen LogP contribution is 2.33. The molecule has 6 nitrogen and oxygen atoms in total. The lowest BCUT2D eigenvalue weighted by Gasteiger charge is -2.22. The van der Waals surface area contributed by atoms with Crippen molar-refractivity contribution >= 4 is 5.91 Å². The first kappa shape index (κ1) is 14.6. The van der Waals surface area contributed by atoms with E-state index in [0.717, 1.165) is 0 Å². The zero-order valence-corrected chi connectivity index (χ0v) is 11.3. The summed E-state index contributed by atoms with van der Waals surface area (Å²) in [6.07, 6.45) is -1.71. The summed E-state index contributed by atoms with van der Waals surface area (Å²) < 4.78 is 10.8. The van der Waals surface area contributed by atoms with Gasteiger partial charge in [-0.1, -0.05) is 6.07 Å². The normalized spacial score (nSPS) is 16.4. The number of amides is 1. The Hall–Kier alpha value is -1.79. The number of aliphatic hydroxyl groups excluding tert-OH is 2. The van der Waals surface area contributed by atoms with E-state index in [9.17, 15) is 15.0 Å². The molecule has 1 aliphatic heterocycles. The van der Waals surface area contributed by atoms with Crippen LogP contribution in [0.15, 0.2) is 18.2 Å². The van der Waals surface area contributed by atoms with Crippen LogP contribution < -0.4 is 14.8 Å². The lowest BCUT2D eigenvalue weighted by atomic mass is 10.0. The molecule has 0 spiro atoms.